The molecule has 2 amide bonds. The zero-order chi connectivity index (χ0) is 20.5. The maximum absolute atomic E-state index is 12.8. The topological polar surface area (TPSA) is 114 Å². The van der Waals surface area contributed by atoms with Crippen LogP contribution in [0.3, 0.4) is 0 Å². The summed E-state index contributed by atoms with van der Waals surface area (Å²) in [5.74, 6) is -1.41. The Hall–Kier alpha value is -2.19. The second kappa shape index (κ2) is 10.7. The van der Waals surface area contributed by atoms with E-state index in [-0.39, 0.29) is 18.0 Å². The molecule has 0 spiro atoms. The number of ether oxygens (including phenoxy) is 1. The van der Waals surface area contributed by atoms with E-state index < -0.39 is 28.6 Å². The van der Waals surface area contributed by atoms with E-state index in [9.17, 15) is 19.7 Å². The zero-order valence-electron chi connectivity index (χ0n) is 16.9. The summed E-state index contributed by atoms with van der Waals surface area (Å²) in [6.07, 6.45) is 0.0174. The van der Waals surface area contributed by atoms with Gasteiger partial charge in [0.2, 0.25) is 11.9 Å². The molecule has 9 heteroatoms. The van der Waals surface area contributed by atoms with Crippen LogP contribution in [0.5, 0.6) is 0 Å². The molecular weight excluding hydrogens is 340 g/mol. The number of amides is 2. The standard InChI is InChI=1S/C17H32N4O5/c1-8-11-13(21(24)25)14(15(22)20(9-2)10-3)12(4)18-19-16(23)26-17(5,6)7/h13-14H,8-11H2,1-7H3,(H,19,23)/b18-12+. The van der Waals surface area contributed by atoms with E-state index in [0.29, 0.717) is 19.5 Å². The third-order valence-electron chi connectivity index (χ3n) is 3.75. The van der Waals surface area contributed by atoms with Gasteiger partial charge in [-0.15, -0.1) is 0 Å². The van der Waals surface area contributed by atoms with Crippen LogP contribution in [0.1, 0.15) is 61.3 Å². The number of carbonyl (C=O) groups excluding carboxylic acids is 2. The third kappa shape index (κ3) is 7.79. The van der Waals surface area contributed by atoms with Gasteiger partial charge < -0.3 is 9.64 Å². The first-order valence-corrected chi connectivity index (χ1v) is 8.93. The van der Waals surface area contributed by atoms with Gasteiger partial charge in [-0.2, -0.15) is 5.10 Å². The molecular formula is C17H32N4O5. The van der Waals surface area contributed by atoms with Gasteiger partial charge in [0, 0.05) is 24.4 Å². The van der Waals surface area contributed by atoms with Crippen LogP contribution in [0.2, 0.25) is 0 Å². The van der Waals surface area contributed by atoms with Crippen LogP contribution >= 0.6 is 0 Å². The summed E-state index contributed by atoms with van der Waals surface area (Å²) in [6, 6.07) is -1.10. The Balaban J connectivity index is 5.61. The minimum absolute atomic E-state index is 0.183. The number of nitro groups is 1. The fourth-order valence-electron chi connectivity index (χ4n) is 2.55. The summed E-state index contributed by atoms with van der Waals surface area (Å²) in [6.45, 7) is 13.0. The molecule has 0 rings (SSSR count). The molecule has 0 radical (unpaired) electrons. The highest BCUT2D eigenvalue weighted by Gasteiger charge is 2.40. The minimum Gasteiger partial charge on any atom is -0.443 e. The fourth-order valence-corrected chi connectivity index (χ4v) is 2.55. The SMILES string of the molecule is CCCC(C(C(=O)N(CC)CC)/C(C)=N/NC(=O)OC(C)(C)C)[N+](=O)[O-]. The van der Waals surface area contributed by atoms with Crippen LogP contribution in [0.25, 0.3) is 0 Å². The largest absolute Gasteiger partial charge is 0.443 e. The molecule has 0 saturated carbocycles. The number of hydrogen-bond donors (Lipinski definition) is 1. The van der Waals surface area contributed by atoms with Crippen LogP contribution in [0, 0.1) is 16.0 Å². The van der Waals surface area contributed by atoms with Gasteiger partial charge in [0.05, 0.1) is 5.71 Å². The van der Waals surface area contributed by atoms with Crippen molar-refractivity contribution in [2.24, 2.45) is 11.0 Å². The second-order valence-electron chi connectivity index (χ2n) is 7.00. The smallest absolute Gasteiger partial charge is 0.428 e. The summed E-state index contributed by atoms with van der Waals surface area (Å²) in [4.78, 5) is 37.2. The van der Waals surface area contributed by atoms with Gasteiger partial charge in [0.25, 0.3) is 0 Å². The van der Waals surface area contributed by atoms with Crippen LogP contribution in [-0.4, -0.2) is 52.3 Å². The lowest BCUT2D eigenvalue weighted by Crippen LogP contribution is -2.47. The Morgan fingerprint density at radius 2 is 1.77 bits per heavy atom. The summed E-state index contributed by atoms with van der Waals surface area (Å²) in [7, 11) is 0. The quantitative estimate of drug-likeness (QED) is 0.380. The molecule has 0 aliphatic rings. The molecule has 2 unspecified atom stereocenters. The lowest BCUT2D eigenvalue weighted by atomic mass is 9.90. The van der Waals surface area contributed by atoms with Crippen molar-refractivity contribution < 1.29 is 19.2 Å². The third-order valence-corrected chi connectivity index (χ3v) is 3.75. The average molecular weight is 372 g/mol. The highest BCUT2D eigenvalue weighted by Crippen LogP contribution is 2.19. The van der Waals surface area contributed by atoms with Gasteiger partial charge in [-0.1, -0.05) is 6.92 Å². The molecule has 0 aromatic carbocycles. The lowest BCUT2D eigenvalue weighted by molar-refractivity contribution is -0.527. The highest BCUT2D eigenvalue weighted by molar-refractivity contribution is 6.03. The molecule has 26 heavy (non-hydrogen) atoms. The van der Waals surface area contributed by atoms with E-state index in [1.807, 2.05) is 20.8 Å². The van der Waals surface area contributed by atoms with Crippen LogP contribution in [0.15, 0.2) is 5.10 Å². The number of nitrogens with one attached hydrogen (secondary N) is 1. The summed E-state index contributed by atoms with van der Waals surface area (Å²) < 4.78 is 5.09. The van der Waals surface area contributed by atoms with Gasteiger partial charge in [-0.25, -0.2) is 10.2 Å². The maximum atomic E-state index is 12.8. The lowest BCUT2D eigenvalue weighted by Gasteiger charge is -2.27. The number of rotatable bonds is 9. The highest BCUT2D eigenvalue weighted by atomic mass is 16.6. The number of hydrazone groups is 1. The predicted octanol–water partition coefficient (Wildman–Crippen LogP) is 2.82. The van der Waals surface area contributed by atoms with Crippen molar-refractivity contribution in [1.29, 1.82) is 0 Å². The number of carbonyl (C=O) groups is 2. The summed E-state index contributed by atoms with van der Waals surface area (Å²) in [5, 5.41) is 15.4. The average Bonchev–Trinajstić information content (AvgIpc) is 2.51. The molecule has 0 aliphatic heterocycles. The summed E-state index contributed by atoms with van der Waals surface area (Å²) >= 11 is 0. The number of hydrogen-bond acceptors (Lipinski definition) is 6. The Morgan fingerprint density at radius 1 is 1.23 bits per heavy atom. The Labute approximate surface area is 155 Å². The van der Waals surface area contributed by atoms with Gasteiger partial charge in [0.1, 0.15) is 11.5 Å². The Morgan fingerprint density at radius 3 is 2.15 bits per heavy atom. The van der Waals surface area contributed by atoms with Crippen molar-refractivity contribution >= 4 is 17.7 Å². The maximum Gasteiger partial charge on any atom is 0.428 e. The predicted molar refractivity (Wildman–Crippen MR) is 99.6 cm³/mol. The zero-order valence-corrected chi connectivity index (χ0v) is 16.9. The first kappa shape index (κ1) is 23.8. The molecule has 9 nitrogen and oxygen atoms in total. The van der Waals surface area contributed by atoms with Gasteiger partial charge in [-0.3, -0.25) is 14.9 Å². The Bertz CT molecular complexity index is 524. The fraction of sp³-hybridized carbons (Fsp3) is 0.824. The van der Waals surface area contributed by atoms with E-state index in [4.69, 9.17) is 4.74 Å². The van der Waals surface area contributed by atoms with E-state index in [1.165, 1.54) is 11.8 Å². The van der Waals surface area contributed by atoms with E-state index in [2.05, 4.69) is 10.5 Å². The normalized spacial score (nSPS) is 14.3. The first-order chi connectivity index (χ1) is 12.0. The van der Waals surface area contributed by atoms with Gasteiger partial charge >= 0.3 is 6.09 Å². The van der Waals surface area contributed by atoms with Crippen molar-refractivity contribution in [2.45, 2.75) is 73.0 Å². The van der Waals surface area contributed by atoms with Crippen molar-refractivity contribution in [3.63, 3.8) is 0 Å². The Kier molecular flexibility index (Phi) is 9.82. The molecule has 0 saturated heterocycles. The van der Waals surface area contributed by atoms with Crippen molar-refractivity contribution in [3.8, 4) is 0 Å². The van der Waals surface area contributed by atoms with Crippen molar-refractivity contribution in [3.05, 3.63) is 10.1 Å². The molecule has 0 fully saturated rings. The second-order valence-corrected chi connectivity index (χ2v) is 7.00. The molecule has 2 atom stereocenters. The molecule has 0 aromatic rings. The van der Waals surface area contributed by atoms with E-state index in [1.54, 1.807) is 20.8 Å². The van der Waals surface area contributed by atoms with Crippen LogP contribution < -0.4 is 5.43 Å². The van der Waals surface area contributed by atoms with Crippen LogP contribution in [-0.2, 0) is 9.53 Å². The molecule has 0 heterocycles. The molecule has 0 aliphatic carbocycles. The first-order valence-electron chi connectivity index (χ1n) is 8.93. The van der Waals surface area contributed by atoms with Crippen molar-refractivity contribution in [2.75, 3.05) is 13.1 Å². The van der Waals surface area contributed by atoms with E-state index in [0.717, 1.165) is 0 Å². The van der Waals surface area contributed by atoms with Crippen LogP contribution in [0.4, 0.5) is 4.79 Å². The van der Waals surface area contributed by atoms with E-state index >= 15 is 0 Å². The van der Waals surface area contributed by atoms with Crippen molar-refractivity contribution in [1.82, 2.24) is 10.3 Å². The molecule has 0 aromatic heterocycles. The monoisotopic (exact) mass is 372 g/mol. The minimum atomic E-state index is -1.10. The molecule has 1 N–H and O–H groups in total. The molecule has 0 bridgehead atoms. The molecule has 150 valence electrons. The van der Waals surface area contributed by atoms with Gasteiger partial charge in [-0.05, 0) is 48.0 Å². The van der Waals surface area contributed by atoms with Gasteiger partial charge in [0.15, 0.2) is 0 Å². The number of nitrogens with zero attached hydrogens (tertiary/aromatic N) is 3. The summed E-state index contributed by atoms with van der Waals surface area (Å²) in [5.41, 5.74) is 1.70.